The summed E-state index contributed by atoms with van der Waals surface area (Å²) in [5.41, 5.74) is 9.55. The molecule has 2 aromatic heterocycles. The molecule has 1 unspecified atom stereocenters. The Hall–Kier alpha value is -5.26. The number of halogens is 1. The fraction of sp³-hybridized carbons (Fsp3) is 0.0976. The average molecular weight is 616 g/mol. The molecule has 0 saturated heterocycles. The number of benzene rings is 6. The summed E-state index contributed by atoms with van der Waals surface area (Å²) in [4.78, 5) is 8.62. The van der Waals surface area contributed by atoms with Crippen LogP contribution in [0.5, 0.6) is 0 Å². The van der Waals surface area contributed by atoms with Gasteiger partial charge < -0.3 is 10.2 Å². The van der Waals surface area contributed by atoms with Gasteiger partial charge in [-0.15, -0.1) is 11.3 Å². The Morgan fingerprint density at radius 1 is 0.652 bits per heavy atom. The Labute approximate surface area is 270 Å². The monoisotopic (exact) mass is 615 g/mol. The van der Waals surface area contributed by atoms with Crippen molar-refractivity contribution in [3.63, 3.8) is 0 Å². The fourth-order valence-corrected chi connectivity index (χ4v) is 8.81. The summed E-state index contributed by atoms with van der Waals surface area (Å²) in [6, 6.07) is 39.8. The summed E-state index contributed by atoms with van der Waals surface area (Å²) in [5, 5.41) is 11.2. The number of aryl methyl sites for hydroxylation is 3. The minimum absolute atomic E-state index is 0.214. The first-order valence-corrected chi connectivity index (χ1v) is 16.4. The molecule has 0 aliphatic carbocycles. The topological polar surface area (TPSA) is 28.2 Å². The van der Waals surface area contributed by atoms with Gasteiger partial charge in [0.05, 0.1) is 17.1 Å². The lowest BCUT2D eigenvalue weighted by Crippen LogP contribution is -2.25. The van der Waals surface area contributed by atoms with Crippen LogP contribution in [0.15, 0.2) is 115 Å². The number of hydrogen-bond donors (Lipinski definition) is 1. The van der Waals surface area contributed by atoms with Gasteiger partial charge in [0.25, 0.3) is 0 Å². The first-order valence-electron chi connectivity index (χ1n) is 15.6. The van der Waals surface area contributed by atoms with Crippen molar-refractivity contribution in [3.05, 3.63) is 143 Å². The summed E-state index contributed by atoms with van der Waals surface area (Å²) >= 11 is 1.75. The van der Waals surface area contributed by atoms with E-state index in [2.05, 4.69) is 114 Å². The molecule has 0 bridgehead atoms. The maximum atomic E-state index is 14.8. The number of thiophene rings is 1. The van der Waals surface area contributed by atoms with Gasteiger partial charge in [-0.3, -0.25) is 0 Å². The number of pyridine rings is 1. The predicted octanol–water partition coefficient (Wildman–Crippen LogP) is 11.7. The van der Waals surface area contributed by atoms with E-state index < -0.39 is 0 Å². The van der Waals surface area contributed by atoms with E-state index in [4.69, 9.17) is 4.98 Å². The lowest BCUT2D eigenvalue weighted by molar-refractivity contribution is 0.625. The van der Waals surface area contributed by atoms with E-state index in [-0.39, 0.29) is 12.0 Å². The van der Waals surface area contributed by atoms with Crippen molar-refractivity contribution in [1.82, 2.24) is 4.98 Å². The highest BCUT2D eigenvalue weighted by Gasteiger charge is 2.37. The van der Waals surface area contributed by atoms with E-state index in [1.165, 1.54) is 48.1 Å². The fourth-order valence-electron chi connectivity index (χ4n) is 7.52. The predicted molar refractivity (Wildman–Crippen MR) is 193 cm³/mol. The van der Waals surface area contributed by atoms with Gasteiger partial charge in [0.1, 0.15) is 16.8 Å². The Bertz CT molecular complexity index is 2490. The maximum Gasteiger partial charge on any atom is 0.132 e. The van der Waals surface area contributed by atoms with Gasteiger partial charge in [-0.25, -0.2) is 9.37 Å². The van der Waals surface area contributed by atoms with Crippen molar-refractivity contribution < 1.29 is 4.39 Å². The number of nitrogens with one attached hydrogen (secondary N) is 1. The van der Waals surface area contributed by atoms with Crippen LogP contribution in [-0.4, -0.2) is 4.98 Å². The molecule has 3 nitrogen and oxygen atoms in total. The molecule has 0 radical (unpaired) electrons. The molecule has 0 fully saturated rings. The first-order chi connectivity index (χ1) is 22.5. The molecule has 0 amide bonds. The average Bonchev–Trinajstić information content (AvgIpc) is 3.65. The van der Waals surface area contributed by atoms with E-state index in [0.29, 0.717) is 0 Å². The molecule has 1 atom stereocenters. The normalized spacial score (nSPS) is 14.4. The second-order valence-electron chi connectivity index (χ2n) is 12.3. The second-order valence-corrected chi connectivity index (χ2v) is 13.3. The van der Waals surface area contributed by atoms with Gasteiger partial charge in [0, 0.05) is 43.1 Å². The Morgan fingerprint density at radius 2 is 1.30 bits per heavy atom. The van der Waals surface area contributed by atoms with Crippen molar-refractivity contribution in [1.29, 1.82) is 0 Å². The standard InChI is InChI=1S/C41H30FN3S/c1-23-17-18-33(39-35(23)32-19-20-34(43-41(32)46-39)26-11-5-4-6-12-26)40-44-36-30-15-9-7-13-28(30)29-14-8-10-16-31(29)38(36)45(40)37-24(2)21-27(42)22-25(37)3/h4-22,40,44H,1-3H3. The number of anilines is 3. The van der Waals surface area contributed by atoms with Crippen LogP contribution in [0.2, 0.25) is 0 Å². The molecule has 0 spiro atoms. The highest BCUT2D eigenvalue weighted by atomic mass is 32.1. The second kappa shape index (κ2) is 10.1. The summed E-state index contributed by atoms with van der Waals surface area (Å²) in [7, 11) is 0. The van der Waals surface area contributed by atoms with Crippen molar-refractivity contribution in [2.24, 2.45) is 0 Å². The van der Waals surface area contributed by atoms with Gasteiger partial charge in [0.15, 0.2) is 0 Å². The zero-order valence-corrected chi connectivity index (χ0v) is 26.5. The molecule has 6 aromatic carbocycles. The minimum atomic E-state index is -0.225. The lowest BCUT2D eigenvalue weighted by Gasteiger charge is -2.31. The zero-order chi connectivity index (χ0) is 31.1. The van der Waals surface area contributed by atoms with Crippen LogP contribution >= 0.6 is 11.3 Å². The van der Waals surface area contributed by atoms with Crippen molar-refractivity contribution >= 4 is 70.2 Å². The molecular weight excluding hydrogens is 586 g/mol. The van der Waals surface area contributed by atoms with E-state index in [1.807, 2.05) is 19.9 Å². The van der Waals surface area contributed by atoms with Crippen LogP contribution < -0.4 is 10.2 Å². The Kier molecular flexibility index (Phi) is 5.96. The summed E-state index contributed by atoms with van der Waals surface area (Å²) < 4.78 is 16.0. The maximum absolute atomic E-state index is 14.8. The van der Waals surface area contributed by atoms with Gasteiger partial charge >= 0.3 is 0 Å². The van der Waals surface area contributed by atoms with E-state index in [1.54, 1.807) is 23.5 Å². The molecule has 9 rings (SSSR count). The van der Waals surface area contributed by atoms with Crippen LogP contribution in [0.4, 0.5) is 21.5 Å². The molecular formula is C41H30FN3S. The van der Waals surface area contributed by atoms with Crippen LogP contribution in [0, 0.1) is 26.6 Å². The highest BCUT2D eigenvalue weighted by molar-refractivity contribution is 7.25. The van der Waals surface area contributed by atoms with Crippen LogP contribution in [-0.2, 0) is 0 Å². The number of aromatic nitrogens is 1. The summed E-state index contributed by atoms with van der Waals surface area (Å²) in [6.45, 7) is 6.22. The van der Waals surface area contributed by atoms with Crippen molar-refractivity contribution in [3.8, 4) is 11.3 Å². The Morgan fingerprint density at radius 3 is 2.04 bits per heavy atom. The van der Waals surface area contributed by atoms with E-state index in [9.17, 15) is 4.39 Å². The molecule has 3 heterocycles. The van der Waals surface area contributed by atoms with Crippen molar-refractivity contribution in [2.75, 3.05) is 10.2 Å². The van der Waals surface area contributed by atoms with Crippen LogP contribution in [0.3, 0.4) is 0 Å². The molecule has 8 aromatic rings. The third-order valence-electron chi connectivity index (χ3n) is 9.47. The van der Waals surface area contributed by atoms with Gasteiger partial charge in [-0.1, -0.05) is 91.0 Å². The number of nitrogens with zero attached hydrogens (tertiary/aromatic N) is 2. The summed E-state index contributed by atoms with van der Waals surface area (Å²) in [6.07, 6.45) is -0.225. The van der Waals surface area contributed by atoms with Crippen LogP contribution in [0.25, 0.3) is 53.1 Å². The summed E-state index contributed by atoms with van der Waals surface area (Å²) in [5.74, 6) is -0.214. The first kappa shape index (κ1) is 27.1. The quantitative estimate of drug-likeness (QED) is 0.200. The molecule has 5 heteroatoms. The lowest BCUT2D eigenvalue weighted by atomic mass is 9.97. The molecule has 222 valence electrons. The molecule has 0 saturated carbocycles. The smallest absolute Gasteiger partial charge is 0.132 e. The van der Waals surface area contributed by atoms with Gasteiger partial charge in [-0.05, 0) is 72.5 Å². The van der Waals surface area contributed by atoms with Crippen molar-refractivity contribution in [2.45, 2.75) is 26.9 Å². The number of fused-ring (bicyclic) bond motifs is 9. The highest BCUT2D eigenvalue weighted by Crippen LogP contribution is 2.55. The van der Waals surface area contributed by atoms with Gasteiger partial charge in [-0.2, -0.15) is 0 Å². The molecule has 1 aliphatic heterocycles. The van der Waals surface area contributed by atoms with Gasteiger partial charge in [0.2, 0.25) is 0 Å². The number of hydrogen-bond acceptors (Lipinski definition) is 4. The van der Waals surface area contributed by atoms with Crippen LogP contribution in [0.1, 0.15) is 28.4 Å². The SMILES string of the molecule is Cc1cc(F)cc(C)c1N1c2c(c3ccccc3c3ccccc23)NC1c1ccc(C)c2c1sc1nc(-c3ccccc3)ccc12. The van der Waals surface area contributed by atoms with E-state index in [0.717, 1.165) is 44.3 Å². The molecule has 1 N–H and O–H groups in total. The molecule has 46 heavy (non-hydrogen) atoms. The third kappa shape index (κ3) is 3.91. The largest absolute Gasteiger partial charge is 0.359 e. The Balaban J connectivity index is 1.35. The minimum Gasteiger partial charge on any atom is -0.359 e. The molecule has 1 aliphatic rings. The third-order valence-corrected chi connectivity index (χ3v) is 10.6. The zero-order valence-electron chi connectivity index (χ0n) is 25.7. The number of rotatable bonds is 3. The van der Waals surface area contributed by atoms with E-state index >= 15 is 0 Å².